The first-order valence-electron chi connectivity index (χ1n) is 11.2. The van der Waals surface area contributed by atoms with Crippen LogP contribution in [0.5, 0.6) is 0 Å². The zero-order valence-corrected chi connectivity index (χ0v) is 18.0. The molecule has 0 N–H and O–H groups in total. The van der Waals surface area contributed by atoms with Gasteiger partial charge in [-0.2, -0.15) is 0 Å². The van der Waals surface area contributed by atoms with Gasteiger partial charge in [-0.1, -0.05) is 32.1 Å². The van der Waals surface area contributed by atoms with Crippen molar-refractivity contribution in [2.24, 2.45) is 33.5 Å². The SMILES string of the molecule is C=C1C(N(C)C)CCC23CC24CCC2(C)C(C(C)=O)=CCC2(C)C4CCC13. The van der Waals surface area contributed by atoms with Crippen LogP contribution in [-0.2, 0) is 4.79 Å². The Hall–Kier alpha value is -0.890. The summed E-state index contributed by atoms with van der Waals surface area (Å²) in [4.78, 5) is 14.8. The summed E-state index contributed by atoms with van der Waals surface area (Å²) in [6.45, 7) is 11.4. The molecule has 0 aromatic carbocycles. The molecular formula is C25H37NO. The van der Waals surface area contributed by atoms with Gasteiger partial charge in [0.2, 0.25) is 0 Å². The Morgan fingerprint density at radius 3 is 2.52 bits per heavy atom. The van der Waals surface area contributed by atoms with Gasteiger partial charge in [0, 0.05) is 11.5 Å². The Morgan fingerprint density at radius 2 is 1.85 bits per heavy atom. The first-order valence-corrected chi connectivity index (χ1v) is 11.2. The molecule has 2 nitrogen and oxygen atoms in total. The maximum absolute atomic E-state index is 12.4. The second-order valence-corrected chi connectivity index (χ2v) is 11.4. The number of carbonyl (C=O) groups is 1. The van der Waals surface area contributed by atoms with Gasteiger partial charge in [-0.25, -0.2) is 0 Å². The Balaban J connectivity index is 1.51. The lowest BCUT2D eigenvalue weighted by molar-refractivity contribution is -0.121. The van der Waals surface area contributed by atoms with Gasteiger partial charge in [-0.15, -0.1) is 0 Å². The number of ketones is 1. The molecule has 27 heavy (non-hydrogen) atoms. The van der Waals surface area contributed by atoms with Gasteiger partial charge >= 0.3 is 0 Å². The molecule has 0 amide bonds. The summed E-state index contributed by atoms with van der Waals surface area (Å²) in [5.74, 6) is 1.84. The molecule has 0 radical (unpaired) electrons. The predicted octanol–water partition coefficient (Wildman–Crippen LogP) is 5.39. The number of nitrogens with zero attached hydrogens (tertiary/aromatic N) is 1. The fourth-order valence-corrected chi connectivity index (χ4v) is 9.26. The molecule has 5 rings (SSSR count). The van der Waals surface area contributed by atoms with E-state index in [0.717, 1.165) is 23.8 Å². The average Bonchev–Trinajstić information content (AvgIpc) is 3.16. The lowest BCUT2D eigenvalue weighted by atomic mass is 9.43. The second kappa shape index (κ2) is 5.17. The summed E-state index contributed by atoms with van der Waals surface area (Å²) in [5.41, 5.74) is 4.16. The van der Waals surface area contributed by atoms with E-state index in [1.54, 1.807) is 6.92 Å². The third-order valence-corrected chi connectivity index (χ3v) is 10.7. The van der Waals surface area contributed by atoms with E-state index in [-0.39, 0.29) is 10.8 Å². The molecule has 5 aliphatic carbocycles. The zero-order chi connectivity index (χ0) is 19.4. The number of rotatable bonds is 2. The number of fused-ring (bicyclic) bond motifs is 2. The zero-order valence-electron chi connectivity index (χ0n) is 18.0. The van der Waals surface area contributed by atoms with E-state index >= 15 is 0 Å². The van der Waals surface area contributed by atoms with Gasteiger partial charge in [-0.3, -0.25) is 4.79 Å². The van der Waals surface area contributed by atoms with Crippen molar-refractivity contribution < 1.29 is 4.79 Å². The molecule has 0 aliphatic heterocycles. The highest BCUT2D eigenvalue weighted by Crippen LogP contribution is 2.87. The van der Waals surface area contributed by atoms with Gasteiger partial charge in [0.05, 0.1) is 0 Å². The summed E-state index contributed by atoms with van der Waals surface area (Å²) < 4.78 is 0. The Labute approximate surface area is 165 Å². The largest absolute Gasteiger partial charge is 0.303 e. The Morgan fingerprint density at radius 1 is 1.11 bits per heavy atom. The summed E-state index contributed by atoms with van der Waals surface area (Å²) in [5, 5.41) is 0. The number of likely N-dealkylation sites (N-methyl/N-ethyl adjacent to an activating group) is 1. The summed E-state index contributed by atoms with van der Waals surface area (Å²) in [6, 6.07) is 0.580. The smallest absolute Gasteiger partial charge is 0.156 e. The van der Waals surface area contributed by atoms with E-state index in [2.05, 4.69) is 45.5 Å². The van der Waals surface area contributed by atoms with Crippen molar-refractivity contribution in [3.63, 3.8) is 0 Å². The van der Waals surface area contributed by atoms with Gasteiger partial charge < -0.3 is 4.90 Å². The highest BCUT2D eigenvalue weighted by Gasteiger charge is 2.80. The minimum absolute atomic E-state index is 0.100. The molecule has 2 spiro atoms. The molecule has 0 heterocycles. The molecule has 0 aromatic rings. The Kier molecular flexibility index (Phi) is 3.48. The normalized spacial score (nSPS) is 53.2. The van der Waals surface area contributed by atoms with Crippen LogP contribution in [0.3, 0.4) is 0 Å². The standard InChI is InChI=1S/C25H37NO/c1-16-18-7-8-21-23(4)11-9-19(17(2)27)22(23,3)13-14-25(21)15-24(18,25)12-10-20(16)26(5)6/h9,18,20-21H,1,7-8,10-15H2,2-6H3. The molecule has 0 aromatic heterocycles. The van der Waals surface area contributed by atoms with Crippen LogP contribution in [0.4, 0.5) is 0 Å². The number of allylic oxidation sites excluding steroid dienone is 2. The van der Waals surface area contributed by atoms with Crippen molar-refractivity contribution in [1.29, 1.82) is 0 Å². The van der Waals surface area contributed by atoms with Crippen molar-refractivity contribution in [3.8, 4) is 0 Å². The molecule has 4 saturated carbocycles. The van der Waals surface area contributed by atoms with Crippen molar-refractivity contribution in [2.75, 3.05) is 14.1 Å². The van der Waals surface area contributed by atoms with Crippen molar-refractivity contribution >= 4 is 5.78 Å². The monoisotopic (exact) mass is 367 g/mol. The van der Waals surface area contributed by atoms with Gasteiger partial charge in [0.25, 0.3) is 0 Å². The fourth-order valence-electron chi connectivity index (χ4n) is 9.26. The Bertz CT molecular complexity index is 764. The molecule has 2 heteroatoms. The van der Waals surface area contributed by atoms with Crippen LogP contribution in [0, 0.1) is 33.5 Å². The van der Waals surface area contributed by atoms with Crippen LogP contribution >= 0.6 is 0 Å². The van der Waals surface area contributed by atoms with Crippen LogP contribution in [0.25, 0.3) is 0 Å². The van der Waals surface area contributed by atoms with Crippen LogP contribution in [0.1, 0.15) is 72.1 Å². The molecule has 4 fully saturated rings. The average molecular weight is 368 g/mol. The first-order chi connectivity index (χ1) is 12.6. The third kappa shape index (κ3) is 1.85. The summed E-state index contributed by atoms with van der Waals surface area (Å²) >= 11 is 0. The van der Waals surface area contributed by atoms with Crippen LogP contribution in [0.2, 0.25) is 0 Å². The minimum atomic E-state index is 0.100. The number of hydrogen-bond donors (Lipinski definition) is 0. The second-order valence-electron chi connectivity index (χ2n) is 11.4. The maximum atomic E-state index is 12.4. The van der Waals surface area contributed by atoms with E-state index < -0.39 is 0 Å². The summed E-state index contributed by atoms with van der Waals surface area (Å²) in [7, 11) is 4.45. The fraction of sp³-hybridized carbons (Fsp3) is 0.800. The molecule has 148 valence electrons. The molecule has 7 unspecified atom stereocenters. The molecular weight excluding hydrogens is 330 g/mol. The van der Waals surface area contributed by atoms with Crippen molar-refractivity contribution in [1.82, 2.24) is 4.90 Å². The van der Waals surface area contributed by atoms with Crippen LogP contribution in [0.15, 0.2) is 23.8 Å². The van der Waals surface area contributed by atoms with E-state index in [9.17, 15) is 4.79 Å². The van der Waals surface area contributed by atoms with Crippen molar-refractivity contribution in [2.45, 2.75) is 78.2 Å². The van der Waals surface area contributed by atoms with Crippen molar-refractivity contribution in [3.05, 3.63) is 23.8 Å². The maximum Gasteiger partial charge on any atom is 0.156 e. The minimum Gasteiger partial charge on any atom is -0.303 e. The highest BCUT2D eigenvalue weighted by atomic mass is 16.1. The molecule has 0 saturated heterocycles. The molecule has 5 aliphatic rings. The van der Waals surface area contributed by atoms with Gasteiger partial charge in [-0.05, 0) is 106 Å². The van der Waals surface area contributed by atoms with Crippen LogP contribution < -0.4 is 0 Å². The van der Waals surface area contributed by atoms with Crippen LogP contribution in [-0.4, -0.2) is 30.8 Å². The van der Waals surface area contributed by atoms with E-state index in [1.807, 2.05) is 0 Å². The lowest BCUT2D eigenvalue weighted by Crippen LogP contribution is -2.55. The van der Waals surface area contributed by atoms with E-state index in [0.29, 0.717) is 22.7 Å². The van der Waals surface area contributed by atoms with Gasteiger partial charge in [0.15, 0.2) is 5.78 Å². The molecule has 7 atom stereocenters. The third-order valence-electron chi connectivity index (χ3n) is 10.7. The predicted molar refractivity (Wildman–Crippen MR) is 110 cm³/mol. The quantitative estimate of drug-likeness (QED) is 0.610. The first kappa shape index (κ1) is 18.2. The number of hydrogen-bond acceptors (Lipinski definition) is 2. The van der Waals surface area contributed by atoms with Gasteiger partial charge in [0.1, 0.15) is 0 Å². The van der Waals surface area contributed by atoms with E-state index in [4.69, 9.17) is 0 Å². The number of carbonyl (C=O) groups excluding carboxylic acids is 1. The topological polar surface area (TPSA) is 20.3 Å². The highest BCUT2D eigenvalue weighted by molar-refractivity contribution is 5.95. The van der Waals surface area contributed by atoms with E-state index in [1.165, 1.54) is 50.5 Å². The lowest BCUT2D eigenvalue weighted by Gasteiger charge is -2.61. The number of Topliss-reactive ketones (excluding diaryl/α,β-unsaturated/α-hetero) is 1. The molecule has 0 bridgehead atoms. The summed E-state index contributed by atoms with van der Waals surface area (Å²) in [6.07, 6.45) is 12.8.